The first kappa shape index (κ1) is 15.8. The van der Waals surface area contributed by atoms with E-state index in [-0.39, 0.29) is 6.04 Å². The van der Waals surface area contributed by atoms with Crippen LogP contribution in [0.3, 0.4) is 0 Å². The van der Waals surface area contributed by atoms with Gasteiger partial charge >= 0.3 is 0 Å². The van der Waals surface area contributed by atoms with Gasteiger partial charge in [-0.25, -0.2) is 24.3 Å². The second-order valence-electron chi connectivity index (χ2n) is 5.40. The van der Waals surface area contributed by atoms with Gasteiger partial charge in [0.1, 0.15) is 17.5 Å². The van der Waals surface area contributed by atoms with Crippen LogP contribution < -0.4 is 10.6 Å². The van der Waals surface area contributed by atoms with E-state index in [4.69, 9.17) is 0 Å². The van der Waals surface area contributed by atoms with Crippen LogP contribution in [0.4, 0.5) is 22.0 Å². The standard InChI is InChI=1S/C15H17FN8/c1-9-4-19-15(21-10(2)14-17-5-11(16)6-18-14)23-13(9)22-12-7-24(3)8-20-12/h4-8,10H,1-3H3,(H2,19,21,22,23). The third-order valence-electron chi connectivity index (χ3n) is 3.30. The molecule has 1 unspecified atom stereocenters. The lowest BCUT2D eigenvalue weighted by Crippen LogP contribution is -2.13. The van der Waals surface area contributed by atoms with Crippen LogP contribution in [0.15, 0.2) is 31.1 Å². The van der Waals surface area contributed by atoms with Gasteiger partial charge in [0.05, 0.1) is 24.8 Å². The van der Waals surface area contributed by atoms with Crippen molar-refractivity contribution in [2.75, 3.05) is 10.6 Å². The summed E-state index contributed by atoms with van der Waals surface area (Å²) >= 11 is 0. The molecule has 3 rings (SSSR count). The number of rotatable bonds is 5. The van der Waals surface area contributed by atoms with Gasteiger partial charge in [0, 0.05) is 25.0 Å². The van der Waals surface area contributed by atoms with Crippen LogP contribution in [0.5, 0.6) is 0 Å². The molecule has 124 valence electrons. The predicted octanol–water partition coefficient (Wildman–Crippen LogP) is 2.36. The largest absolute Gasteiger partial charge is 0.344 e. The molecule has 0 aliphatic carbocycles. The van der Waals surface area contributed by atoms with Crippen molar-refractivity contribution in [1.82, 2.24) is 29.5 Å². The molecule has 9 heteroatoms. The molecule has 2 N–H and O–H groups in total. The number of hydrogen-bond donors (Lipinski definition) is 2. The highest BCUT2D eigenvalue weighted by atomic mass is 19.1. The first-order valence-electron chi connectivity index (χ1n) is 7.34. The molecule has 0 radical (unpaired) electrons. The summed E-state index contributed by atoms with van der Waals surface area (Å²) in [6.07, 6.45) is 7.52. The van der Waals surface area contributed by atoms with E-state index in [2.05, 4.69) is 35.6 Å². The van der Waals surface area contributed by atoms with Crippen LogP contribution in [0.2, 0.25) is 0 Å². The van der Waals surface area contributed by atoms with Crippen molar-refractivity contribution in [3.63, 3.8) is 0 Å². The van der Waals surface area contributed by atoms with E-state index in [1.165, 1.54) is 0 Å². The van der Waals surface area contributed by atoms with E-state index < -0.39 is 5.82 Å². The van der Waals surface area contributed by atoms with Crippen LogP contribution in [-0.4, -0.2) is 29.5 Å². The van der Waals surface area contributed by atoms with Crippen LogP contribution >= 0.6 is 0 Å². The van der Waals surface area contributed by atoms with Gasteiger partial charge in [0.25, 0.3) is 0 Å². The van der Waals surface area contributed by atoms with Crippen molar-refractivity contribution in [1.29, 1.82) is 0 Å². The Morgan fingerprint density at radius 3 is 2.54 bits per heavy atom. The quantitative estimate of drug-likeness (QED) is 0.742. The molecule has 0 saturated heterocycles. The minimum Gasteiger partial charge on any atom is -0.344 e. The summed E-state index contributed by atoms with van der Waals surface area (Å²) in [6.45, 7) is 3.75. The number of aryl methyl sites for hydroxylation is 2. The molecule has 1 atom stereocenters. The first-order valence-corrected chi connectivity index (χ1v) is 7.34. The van der Waals surface area contributed by atoms with E-state index >= 15 is 0 Å². The first-order chi connectivity index (χ1) is 11.5. The number of anilines is 3. The van der Waals surface area contributed by atoms with Gasteiger partial charge in [-0.1, -0.05) is 0 Å². The summed E-state index contributed by atoms with van der Waals surface area (Å²) in [4.78, 5) is 20.8. The monoisotopic (exact) mass is 328 g/mol. The summed E-state index contributed by atoms with van der Waals surface area (Å²) in [5.41, 5.74) is 0.886. The smallest absolute Gasteiger partial charge is 0.225 e. The van der Waals surface area contributed by atoms with Gasteiger partial charge in [-0.2, -0.15) is 4.98 Å². The number of hydrogen-bond acceptors (Lipinski definition) is 7. The molecule has 0 amide bonds. The molecule has 3 aromatic heterocycles. The van der Waals surface area contributed by atoms with Gasteiger partial charge < -0.3 is 15.2 Å². The average molecular weight is 328 g/mol. The highest BCUT2D eigenvalue weighted by molar-refractivity contribution is 5.56. The zero-order valence-corrected chi connectivity index (χ0v) is 13.5. The lowest BCUT2D eigenvalue weighted by Gasteiger charge is -2.14. The summed E-state index contributed by atoms with van der Waals surface area (Å²) in [6, 6.07) is -0.268. The Balaban J connectivity index is 1.76. The normalized spacial score (nSPS) is 12.0. The fraction of sp³-hybridized carbons (Fsp3) is 0.267. The Morgan fingerprint density at radius 2 is 1.88 bits per heavy atom. The van der Waals surface area contributed by atoms with Crippen LogP contribution in [0.25, 0.3) is 0 Å². The third-order valence-corrected chi connectivity index (χ3v) is 3.30. The fourth-order valence-electron chi connectivity index (χ4n) is 2.04. The molecule has 0 spiro atoms. The molecule has 0 bridgehead atoms. The van der Waals surface area contributed by atoms with E-state index in [1.54, 1.807) is 12.5 Å². The van der Waals surface area contributed by atoms with E-state index in [9.17, 15) is 4.39 Å². The lowest BCUT2D eigenvalue weighted by atomic mass is 10.3. The summed E-state index contributed by atoms with van der Waals surface area (Å²) in [7, 11) is 1.89. The molecule has 24 heavy (non-hydrogen) atoms. The number of nitrogens with one attached hydrogen (secondary N) is 2. The highest BCUT2D eigenvalue weighted by Gasteiger charge is 2.12. The number of halogens is 1. The minimum absolute atomic E-state index is 0.268. The van der Waals surface area contributed by atoms with Crippen molar-refractivity contribution >= 4 is 17.6 Å². The Kier molecular flexibility index (Phi) is 4.32. The number of nitrogens with zero attached hydrogens (tertiary/aromatic N) is 6. The van der Waals surface area contributed by atoms with Crippen LogP contribution in [-0.2, 0) is 7.05 Å². The molecule has 0 saturated carbocycles. The van der Waals surface area contributed by atoms with Gasteiger partial charge in [0.2, 0.25) is 5.95 Å². The molecule has 0 aromatic carbocycles. The molecule has 0 fully saturated rings. The topological polar surface area (TPSA) is 93.4 Å². The average Bonchev–Trinajstić information content (AvgIpc) is 2.96. The molecule has 0 aliphatic rings. The molecule has 3 aromatic rings. The molecule has 0 aliphatic heterocycles. The maximum Gasteiger partial charge on any atom is 0.225 e. The molecular formula is C15H17FN8. The summed E-state index contributed by atoms with van der Waals surface area (Å²) in [5, 5.41) is 6.25. The van der Waals surface area contributed by atoms with Gasteiger partial charge in [0.15, 0.2) is 5.82 Å². The van der Waals surface area contributed by atoms with Crippen molar-refractivity contribution in [2.24, 2.45) is 7.05 Å². The van der Waals surface area contributed by atoms with Crippen molar-refractivity contribution in [3.05, 3.63) is 48.3 Å². The Morgan fingerprint density at radius 1 is 1.12 bits per heavy atom. The SMILES string of the molecule is Cc1cnc(NC(C)c2ncc(F)cn2)nc1Nc1cn(C)cn1. The third kappa shape index (κ3) is 3.62. The van der Waals surface area contributed by atoms with E-state index in [1.807, 2.05) is 31.7 Å². The van der Waals surface area contributed by atoms with Crippen LogP contribution in [0.1, 0.15) is 24.4 Å². The van der Waals surface area contributed by atoms with E-state index in [0.29, 0.717) is 23.4 Å². The maximum atomic E-state index is 12.9. The predicted molar refractivity (Wildman–Crippen MR) is 87.3 cm³/mol. The molecule has 8 nitrogen and oxygen atoms in total. The zero-order valence-electron chi connectivity index (χ0n) is 13.5. The highest BCUT2D eigenvalue weighted by Crippen LogP contribution is 2.19. The number of aromatic nitrogens is 6. The van der Waals surface area contributed by atoms with Gasteiger partial charge in [-0.3, -0.25) is 0 Å². The lowest BCUT2D eigenvalue weighted by molar-refractivity contribution is 0.604. The van der Waals surface area contributed by atoms with Crippen molar-refractivity contribution in [2.45, 2.75) is 19.9 Å². The molecular weight excluding hydrogens is 311 g/mol. The van der Waals surface area contributed by atoms with Gasteiger partial charge in [-0.15, -0.1) is 0 Å². The van der Waals surface area contributed by atoms with E-state index in [0.717, 1.165) is 18.0 Å². The zero-order chi connectivity index (χ0) is 17.1. The van der Waals surface area contributed by atoms with Crippen molar-refractivity contribution < 1.29 is 4.39 Å². The number of imidazole rings is 1. The van der Waals surface area contributed by atoms with Gasteiger partial charge in [-0.05, 0) is 13.8 Å². The second-order valence-corrected chi connectivity index (χ2v) is 5.40. The summed E-state index contributed by atoms with van der Waals surface area (Å²) < 4.78 is 14.7. The van der Waals surface area contributed by atoms with Crippen LogP contribution in [0, 0.1) is 12.7 Å². The maximum absolute atomic E-state index is 12.9. The summed E-state index contributed by atoms with van der Waals surface area (Å²) in [5.74, 6) is 1.75. The fourth-order valence-corrected chi connectivity index (χ4v) is 2.04. The Labute approximate surface area is 138 Å². The minimum atomic E-state index is -0.473. The Bertz CT molecular complexity index is 830. The Hall–Kier alpha value is -3.10. The molecule has 3 heterocycles. The van der Waals surface area contributed by atoms with Crippen molar-refractivity contribution in [3.8, 4) is 0 Å². The second kappa shape index (κ2) is 6.57.